The van der Waals surface area contributed by atoms with Crippen molar-refractivity contribution in [2.75, 3.05) is 20.6 Å². The molecule has 1 unspecified atom stereocenters. The van der Waals surface area contributed by atoms with Crippen LogP contribution in [0.4, 0.5) is 0 Å². The molecular weight excluding hydrogens is 224 g/mol. The van der Waals surface area contributed by atoms with Gasteiger partial charge >= 0.3 is 0 Å². The van der Waals surface area contributed by atoms with E-state index in [0.29, 0.717) is 17.7 Å². The van der Waals surface area contributed by atoms with Crippen LogP contribution in [0, 0.1) is 0 Å². The minimum absolute atomic E-state index is 0.576. The number of hydrogen-bond donors (Lipinski definition) is 1. The second kappa shape index (κ2) is 4.73. The highest BCUT2D eigenvalue weighted by Gasteiger charge is 2.25. The van der Waals surface area contributed by atoms with Crippen LogP contribution in [-0.4, -0.2) is 41.1 Å². The molecule has 0 saturated heterocycles. The summed E-state index contributed by atoms with van der Waals surface area (Å²) in [4.78, 5) is 6.67. The van der Waals surface area contributed by atoms with E-state index in [1.807, 2.05) is 0 Å². The molecule has 0 aliphatic carbocycles. The molecule has 2 rings (SSSR count). The van der Waals surface area contributed by atoms with Crippen LogP contribution in [0.3, 0.4) is 0 Å². The van der Waals surface area contributed by atoms with E-state index < -0.39 is 0 Å². The van der Waals surface area contributed by atoms with E-state index in [4.69, 9.17) is 17.3 Å². The maximum Gasteiger partial charge on any atom is 0.150 e. The zero-order valence-electron chi connectivity index (χ0n) is 9.91. The van der Waals surface area contributed by atoms with Gasteiger partial charge in [0.2, 0.25) is 0 Å². The Morgan fingerprint density at radius 1 is 1.56 bits per heavy atom. The molecule has 1 aromatic rings. The Balaban J connectivity index is 2.25. The van der Waals surface area contributed by atoms with Crippen LogP contribution in [-0.2, 0) is 19.4 Å². The smallest absolute Gasteiger partial charge is 0.150 e. The standard InChI is InChI=1S/C11H19ClN4/c1-15(2)8-4-6-16-9(7-8)11(12)14-10(16)3-5-13/h8H,3-7,13H2,1-2H3. The summed E-state index contributed by atoms with van der Waals surface area (Å²) in [7, 11) is 4.23. The monoisotopic (exact) mass is 242 g/mol. The molecule has 0 saturated carbocycles. The van der Waals surface area contributed by atoms with Crippen molar-refractivity contribution in [3.63, 3.8) is 0 Å². The Bertz CT molecular complexity index is 372. The largest absolute Gasteiger partial charge is 0.330 e. The molecule has 2 N–H and O–H groups in total. The molecule has 0 fully saturated rings. The van der Waals surface area contributed by atoms with Crippen LogP contribution in [0.1, 0.15) is 17.9 Å². The molecule has 0 spiro atoms. The maximum absolute atomic E-state index is 6.18. The zero-order valence-corrected chi connectivity index (χ0v) is 10.7. The number of rotatable bonds is 3. The zero-order chi connectivity index (χ0) is 11.7. The third-order valence-corrected chi connectivity index (χ3v) is 3.62. The number of nitrogens with two attached hydrogens (primary N) is 1. The Morgan fingerprint density at radius 3 is 2.94 bits per heavy atom. The summed E-state index contributed by atoms with van der Waals surface area (Å²) < 4.78 is 2.25. The molecule has 16 heavy (non-hydrogen) atoms. The van der Waals surface area contributed by atoms with Crippen molar-refractivity contribution in [2.45, 2.75) is 31.8 Å². The molecule has 1 aromatic heterocycles. The highest BCUT2D eigenvalue weighted by Crippen LogP contribution is 2.26. The van der Waals surface area contributed by atoms with Crippen molar-refractivity contribution in [1.82, 2.24) is 14.5 Å². The number of nitrogens with zero attached hydrogens (tertiary/aromatic N) is 3. The number of imidazole rings is 1. The van der Waals surface area contributed by atoms with Gasteiger partial charge in [-0.05, 0) is 27.1 Å². The summed E-state index contributed by atoms with van der Waals surface area (Å²) in [5, 5.41) is 0.662. The summed E-state index contributed by atoms with van der Waals surface area (Å²) in [6, 6.07) is 0.576. The van der Waals surface area contributed by atoms with E-state index in [9.17, 15) is 0 Å². The molecule has 4 nitrogen and oxygen atoms in total. The van der Waals surface area contributed by atoms with E-state index in [0.717, 1.165) is 31.6 Å². The Kier molecular flexibility index (Phi) is 3.52. The lowest BCUT2D eigenvalue weighted by Gasteiger charge is -2.30. The van der Waals surface area contributed by atoms with Gasteiger partial charge in [0.1, 0.15) is 5.82 Å². The van der Waals surface area contributed by atoms with Crippen molar-refractivity contribution >= 4 is 11.6 Å². The summed E-state index contributed by atoms with van der Waals surface area (Å²) >= 11 is 6.18. The number of halogens is 1. The fourth-order valence-electron chi connectivity index (χ4n) is 2.33. The Hall–Kier alpha value is -0.580. The van der Waals surface area contributed by atoms with Gasteiger partial charge in [0.05, 0.1) is 5.69 Å². The average Bonchev–Trinajstić information content (AvgIpc) is 2.56. The molecule has 0 aromatic carbocycles. The number of aromatic nitrogens is 2. The fraction of sp³-hybridized carbons (Fsp3) is 0.727. The highest BCUT2D eigenvalue weighted by atomic mass is 35.5. The fourth-order valence-corrected chi connectivity index (χ4v) is 2.60. The Labute approximate surface area is 101 Å². The second-order valence-corrected chi connectivity index (χ2v) is 4.92. The molecule has 0 radical (unpaired) electrons. The van der Waals surface area contributed by atoms with Crippen molar-refractivity contribution in [3.05, 3.63) is 16.7 Å². The van der Waals surface area contributed by atoms with E-state index in [-0.39, 0.29) is 0 Å². The SMILES string of the molecule is CN(C)C1CCn2c(CCN)nc(Cl)c2C1. The van der Waals surface area contributed by atoms with Crippen molar-refractivity contribution in [3.8, 4) is 0 Å². The summed E-state index contributed by atoms with van der Waals surface area (Å²) in [6.07, 6.45) is 2.96. The van der Waals surface area contributed by atoms with Gasteiger partial charge in [-0.25, -0.2) is 4.98 Å². The van der Waals surface area contributed by atoms with Gasteiger partial charge in [0.15, 0.2) is 5.15 Å². The van der Waals surface area contributed by atoms with Crippen LogP contribution < -0.4 is 5.73 Å². The van der Waals surface area contributed by atoms with Gasteiger partial charge in [-0.1, -0.05) is 11.6 Å². The molecule has 1 aliphatic heterocycles. The number of likely N-dealkylation sites (N-methyl/N-ethyl adjacent to an activating group) is 1. The summed E-state index contributed by atoms with van der Waals surface area (Å²) in [6.45, 7) is 1.64. The van der Waals surface area contributed by atoms with Gasteiger partial charge in [0, 0.05) is 25.4 Å². The average molecular weight is 243 g/mol. The van der Waals surface area contributed by atoms with Gasteiger partial charge in [-0.15, -0.1) is 0 Å². The third-order valence-electron chi connectivity index (χ3n) is 3.32. The van der Waals surface area contributed by atoms with Gasteiger partial charge < -0.3 is 15.2 Å². The van der Waals surface area contributed by atoms with Crippen LogP contribution >= 0.6 is 11.6 Å². The van der Waals surface area contributed by atoms with Gasteiger partial charge in [0.25, 0.3) is 0 Å². The normalized spacial score (nSPS) is 20.2. The van der Waals surface area contributed by atoms with Crippen molar-refractivity contribution in [2.24, 2.45) is 5.73 Å². The topological polar surface area (TPSA) is 47.1 Å². The van der Waals surface area contributed by atoms with Crippen LogP contribution in [0.2, 0.25) is 5.15 Å². The van der Waals surface area contributed by atoms with Crippen molar-refractivity contribution in [1.29, 1.82) is 0 Å². The maximum atomic E-state index is 6.18. The first-order valence-corrected chi connectivity index (χ1v) is 6.11. The molecule has 0 bridgehead atoms. The Morgan fingerprint density at radius 2 is 2.31 bits per heavy atom. The lowest BCUT2D eigenvalue weighted by molar-refractivity contribution is 0.244. The quantitative estimate of drug-likeness (QED) is 0.857. The molecule has 0 amide bonds. The van der Waals surface area contributed by atoms with E-state index in [2.05, 4.69) is 28.5 Å². The summed E-state index contributed by atoms with van der Waals surface area (Å²) in [5.41, 5.74) is 6.75. The predicted octanol–water partition coefficient (Wildman–Crippen LogP) is 0.914. The molecule has 1 aliphatic rings. The minimum Gasteiger partial charge on any atom is -0.330 e. The van der Waals surface area contributed by atoms with Crippen LogP contribution in [0.5, 0.6) is 0 Å². The minimum atomic E-state index is 0.576. The van der Waals surface area contributed by atoms with E-state index in [1.54, 1.807) is 0 Å². The third kappa shape index (κ3) is 2.10. The van der Waals surface area contributed by atoms with Gasteiger partial charge in [-0.2, -0.15) is 0 Å². The number of fused-ring (bicyclic) bond motifs is 1. The molecule has 2 heterocycles. The molecule has 90 valence electrons. The van der Waals surface area contributed by atoms with E-state index >= 15 is 0 Å². The lowest BCUT2D eigenvalue weighted by Crippen LogP contribution is -2.35. The first-order chi connectivity index (χ1) is 7.63. The van der Waals surface area contributed by atoms with Crippen LogP contribution in [0.25, 0.3) is 0 Å². The first-order valence-electron chi connectivity index (χ1n) is 5.73. The van der Waals surface area contributed by atoms with E-state index in [1.165, 1.54) is 5.69 Å². The molecular formula is C11H19ClN4. The lowest BCUT2D eigenvalue weighted by atomic mass is 10.0. The number of hydrogen-bond acceptors (Lipinski definition) is 3. The predicted molar refractivity (Wildman–Crippen MR) is 65.8 cm³/mol. The van der Waals surface area contributed by atoms with Gasteiger partial charge in [-0.3, -0.25) is 0 Å². The van der Waals surface area contributed by atoms with Crippen molar-refractivity contribution < 1.29 is 0 Å². The highest BCUT2D eigenvalue weighted by molar-refractivity contribution is 6.30. The molecule has 5 heteroatoms. The first kappa shape index (κ1) is 11.9. The summed E-state index contributed by atoms with van der Waals surface area (Å²) in [5.74, 6) is 1.04. The molecule has 1 atom stereocenters. The van der Waals surface area contributed by atoms with Crippen LogP contribution in [0.15, 0.2) is 0 Å². The second-order valence-electron chi connectivity index (χ2n) is 4.57.